The first kappa shape index (κ1) is 33.7. The van der Waals surface area contributed by atoms with Gasteiger partial charge in [-0.1, -0.05) is 145 Å². The van der Waals surface area contributed by atoms with E-state index in [1.165, 1.54) is 80.2 Å². The SMILES string of the molecule is CCCCN1C(=CC=C2CCCC(C=CC3N(CCCC)c4ccc5ccccc5c4C3(C)C)=C2Cl)C(C)(C)c2c1ccc1ccccc21. The number of nitrogens with zero attached hydrogens (tertiary/aromatic N) is 2. The Morgan fingerprint density at radius 2 is 1.37 bits per heavy atom. The van der Waals surface area contributed by atoms with Gasteiger partial charge in [-0.3, -0.25) is 0 Å². The van der Waals surface area contributed by atoms with Crippen molar-refractivity contribution in [3.8, 4) is 0 Å². The molecule has 49 heavy (non-hydrogen) atoms. The third kappa shape index (κ3) is 5.84. The largest absolute Gasteiger partial charge is 0.364 e. The summed E-state index contributed by atoms with van der Waals surface area (Å²) in [4.78, 5) is 5.24. The Labute approximate surface area is 299 Å². The maximum Gasteiger partial charge on any atom is 0.0568 e. The van der Waals surface area contributed by atoms with Gasteiger partial charge >= 0.3 is 0 Å². The quantitative estimate of drug-likeness (QED) is 0.175. The summed E-state index contributed by atoms with van der Waals surface area (Å²) in [5, 5.41) is 6.33. The van der Waals surface area contributed by atoms with Gasteiger partial charge in [-0.15, -0.1) is 0 Å². The zero-order valence-electron chi connectivity index (χ0n) is 30.5. The summed E-state index contributed by atoms with van der Waals surface area (Å²) in [7, 11) is 0. The van der Waals surface area contributed by atoms with E-state index in [-0.39, 0.29) is 16.9 Å². The number of hydrogen-bond acceptors (Lipinski definition) is 2. The molecule has 7 rings (SSSR count). The van der Waals surface area contributed by atoms with Crippen molar-refractivity contribution >= 4 is 44.5 Å². The van der Waals surface area contributed by atoms with Crippen molar-refractivity contribution < 1.29 is 0 Å². The molecule has 0 aromatic heterocycles. The van der Waals surface area contributed by atoms with Crippen LogP contribution in [0, 0.1) is 0 Å². The molecule has 4 aromatic rings. The normalized spacial score (nSPS) is 21.6. The highest BCUT2D eigenvalue weighted by Gasteiger charge is 2.44. The van der Waals surface area contributed by atoms with E-state index in [2.05, 4.69) is 148 Å². The van der Waals surface area contributed by atoms with E-state index in [9.17, 15) is 0 Å². The molecule has 0 fully saturated rings. The van der Waals surface area contributed by atoms with Gasteiger partial charge in [-0.05, 0) is 94.1 Å². The summed E-state index contributed by atoms with van der Waals surface area (Å²) >= 11 is 7.34. The number of allylic oxidation sites excluding steroid dienone is 7. The number of unbranched alkanes of at least 4 members (excludes halogenated alkanes) is 2. The molecule has 1 atom stereocenters. The van der Waals surface area contributed by atoms with Gasteiger partial charge in [-0.25, -0.2) is 0 Å². The van der Waals surface area contributed by atoms with Crippen molar-refractivity contribution in [3.63, 3.8) is 0 Å². The molecule has 2 heterocycles. The molecule has 0 spiro atoms. The second-order valence-electron chi connectivity index (χ2n) is 15.5. The van der Waals surface area contributed by atoms with Crippen molar-refractivity contribution in [3.05, 3.63) is 130 Å². The first-order valence-electron chi connectivity index (χ1n) is 18.8. The Morgan fingerprint density at radius 3 is 2.06 bits per heavy atom. The van der Waals surface area contributed by atoms with Crippen molar-refractivity contribution in [2.24, 2.45) is 0 Å². The second-order valence-corrected chi connectivity index (χ2v) is 15.9. The molecule has 0 bridgehead atoms. The van der Waals surface area contributed by atoms with Gasteiger partial charge in [0, 0.05) is 46.0 Å². The Balaban J connectivity index is 1.24. The van der Waals surface area contributed by atoms with Crippen molar-refractivity contribution in [1.82, 2.24) is 0 Å². The topological polar surface area (TPSA) is 6.48 Å². The summed E-state index contributed by atoms with van der Waals surface area (Å²) in [6.45, 7) is 16.3. The first-order valence-corrected chi connectivity index (χ1v) is 19.1. The Morgan fingerprint density at radius 1 is 0.735 bits per heavy atom. The molecule has 1 unspecified atom stereocenters. The fourth-order valence-corrected chi connectivity index (χ4v) is 9.30. The summed E-state index contributed by atoms with van der Waals surface area (Å²) in [6.07, 6.45) is 17.4. The summed E-state index contributed by atoms with van der Waals surface area (Å²) in [6, 6.07) is 27.3. The lowest BCUT2D eigenvalue weighted by molar-refractivity contribution is 0.473. The Bertz CT molecular complexity index is 2000. The smallest absolute Gasteiger partial charge is 0.0568 e. The van der Waals surface area contributed by atoms with Crippen molar-refractivity contribution in [2.45, 2.75) is 103 Å². The predicted molar refractivity (Wildman–Crippen MR) is 214 cm³/mol. The minimum atomic E-state index is -0.107. The van der Waals surface area contributed by atoms with Crippen LogP contribution >= 0.6 is 11.6 Å². The van der Waals surface area contributed by atoms with Gasteiger partial charge in [0.1, 0.15) is 0 Å². The lowest BCUT2D eigenvalue weighted by atomic mass is 9.78. The van der Waals surface area contributed by atoms with Crippen LogP contribution in [0.3, 0.4) is 0 Å². The molecular weight excluding hydrogens is 616 g/mol. The van der Waals surface area contributed by atoms with E-state index in [1.807, 2.05) is 0 Å². The van der Waals surface area contributed by atoms with E-state index < -0.39 is 0 Å². The standard InChI is InChI=1S/C46H53ClN2/c1-7-9-30-48-38-26-22-32-16-11-13-20-36(32)42(38)45(3,4)40(48)28-24-34-18-15-19-35(44(34)47)25-29-41-46(5,6)43-37-21-14-12-17-33(37)23-27-39(43)49(41)31-10-8-2/h11-14,16-17,20-29,40H,7-10,15,18-19,30-31H2,1-6H3. The zero-order valence-corrected chi connectivity index (χ0v) is 31.2. The Hall–Kier alpha value is -3.75. The van der Waals surface area contributed by atoms with Crippen LogP contribution in [0.25, 0.3) is 21.5 Å². The van der Waals surface area contributed by atoms with Crippen LogP contribution in [0.4, 0.5) is 11.4 Å². The lowest BCUT2D eigenvalue weighted by Crippen LogP contribution is -2.40. The highest BCUT2D eigenvalue weighted by Crippen LogP contribution is 2.52. The number of fused-ring (bicyclic) bond motifs is 6. The number of rotatable bonds is 9. The van der Waals surface area contributed by atoms with Gasteiger partial charge in [0.2, 0.25) is 0 Å². The summed E-state index contributed by atoms with van der Waals surface area (Å²) in [5.74, 6) is 0. The molecule has 3 aliphatic rings. The summed E-state index contributed by atoms with van der Waals surface area (Å²) < 4.78 is 0. The van der Waals surface area contributed by atoms with Gasteiger partial charge in [0.25, 0.3) is 0 Å². The van der Waals surface area contributed by atoms with Crippen LogP contribution < -0.4 is 9.80 Å². The van der Waals surface area contributed by atoms with Crippen LogP contribution in [0.1, 0.15) is 97.6 Å². The van der Waals surface area contributed by atoms with E-state index >= 15 is 0 Å². The maximum atomic E-state index is 7.34. The molecule has 3 heteroatoms. The molecule has 0 N–H and O–H groups in total. The zero-order chi connectivity index (χ0) is 34.3. The molecule has 0 radical (unpaired) electrons. The molecule has 0 saturated heterocycles. The van der Waals surface area contributed by atoms with E-state index in [0.29, 0.717) is 0 Å². The third-order valence-corrected chi connectivity index (χ3v) is 12.0. The molecule has 2 nitrogen and oxygen atoms in total. The number of benzene rings is 4. The van der Waals surface area contributed by atoms with E-state index in [1.54, 1.807) is 0 Å². The molecule has 4 aromatic carbocycles. The van der Waals surface area contributed by atoms with E-state index in [4.69, 9.17) is 11.6 Å². The van der Waals surface area contributed by atoms with Crippen LogP contribution in [0.5, 0.6) is 0 Å². The predicted octanol–water partition coefficient (Wildman–Crippen LogP) is 12.9. The molecule has 254 valence electrons. The fourth-order valence-electron chi connectivity index (χ4n) is 8.98. The maximum absolute atomic E-state index is 7.34. The van der Waals surface area contributed by atoms with Gasteiger partial charge < -0.3 is 9.80 Å². The molecular formula is C46H53ClN2. The van der Waals surface area contributed by atoms with Crippen LogP contribution in [-0.4, -0.2) is 19.1 Å². The highest BCUT2D eigenvalue weighted by atomic mass is 35.5. The average Bonchev–Trinajstić information content (AvgIpc) is 3.46. The van der Waals surface area contributed by atoms with Gasteiger partial charge in [-0.2, -0.15) is 0 Å². The number of halogens is 1. The summed E-state index contributed by atoms with van der Waals surface area (Å²) in [5.41, 5.74) is 9.44. The van der Waals surface area contributed by atoms with Crippen molar-refractivity contribution in [2.75, 3.05) is 22.9 Å². The molecule has 0 saturated carbocycles. The van der Waals surface area contributed by atoms with Crippen molar-refractivity contribution in [1.29, 1.82) is 0 Å². The second kappa shape index (κ2) is 13.5. The van der Waals surface area contributed by atoms with Crippen LogP contribution in [-0.2, 0) is 10.8 Å². The molecule has 1 aliphatic carbocycles. The number of hydrogen-bond donors (Lipinski definition) is 0. The Kier molecular flexibility index (Phi) is 9.31. The van der Waals surface area contributed by atoms with E-state index in [0.717, 1.165) is 43.8 Å². The molecule has 2 aliphatic heterocycles. The minimum Gasteiger partial charge on any atom is -0.364 e. The van der Waals surface area contributed by atoms with Crippen LogP contribution in [0.15, 0.2) is 119 Å². The van der Waals surface area contributed by atoms with Gasteiger partial charge in [0.15, 0.2) is 0 Å². The first-order chi connectivity index (χ1) is 23.7. The fraction of sp³-hybridized carbons (Fsp3) is 0.391. The third-order valence-electron chi connectivity index (χ3n) is 11.6. The number of anilines is 2. The average molecular weight is 669 g/mol. The van der Waals surface area contributed by atoms with Crippen LogP contribution in [0.2, 0.25) is 0 Å². The van der Waals surface area contributed by atoms with Gasteiger partial charge in [0.05, 0.1) is 6.04 Å². The minimum absolute atomic E-state index is 0.0274. The highest BCUT2D eigenvalue weighted by molar-refractivity contribution is 6.32. The molecule has 0 amide bonds. The lowest BCUT2D eigenvalue weighted by Gasteiger charge is -2.33. The monoisotopic (exact) mass is 668 g/mol.